The normalized spacial score (nSPS) is 19.7. The Kier molecular flexibility index (Phi) is 40.4. The summed E-state index contributed by atoms with van der Waals surface area (Å²) in [7, 11) is 0. The molecule has 1 aliphatic heterocycles. The zero-order valence-corrected chi connectivity index (χ0v) is 39.9. The number of ether oxygens (including phenoxy) is 4. The third kappa shape index (κ3) is 33.7. The van der Waals surface area contributed by atoms with Crippen LogP contribution in [-0.2, 0) is 28.5 Å². The van der Waals surface area contributed by atoms with Gasteiger partial charge in [0, 0.05) is 12.8 Å². The zero-order chi connectivity index (χ0) is 45.1. The van der Waals surface area contributed by atoms with Crippen molar-refractivity contribution >= 4 is 11.9 Å². The Morgan fingerprint density at radius 1 is 0.500 bits per heavy atom. The van der Waals surface area contributed by atoms with Crippen LogP contribution in [0.15, 0.2) is 24.3 Å². The van der Waals surface area contributed by atoms with Crippen molar-refractivity contribution in [3.63, 3.8) is 0 Å². The minimum atomic E-state index is -1.59. The van der Waals surface area contributed by atoms with Crippen LogP contribution >= 0.6 is 0 Å². The van der Waals surface area contributed by atoms with E-state index in [4.69, 9.17) is 18.9 Å². The number of allylic oxidation sites excluding steroid dienone is 4. The maximum absolute atomic E-state index is 12.8. The van der Waals surface area contributed by atoms with E-state index in [0.717, 1.165) is 51.4 Å². The van der Waals surface area contributed by atoms with Crippen LogP contribution in [0.25, 0.3) is 0 Å². The maximum atomic E-state index is 12.8. The Morgan fingerprint density at radius 2 is 0.903 bits per heavy atom. The van der Waals surface area contributed by atoms with Gasteiger partial charge in [0.15, 0.2) is 12.4 Å². The summed E-state index contributed by atoms with van der Waals surface area (Å²) in [6.07, 6.45) is 41.8. The minimum Gasteiger partial charge on any atom is -0.462 e. The number of hydrogen-bond acceptors (Lipinski definition) is 10. The average molecular weight is 881 g/mol. The van der Waals surface area contributed by atoms with Crippen molar-refractivity contribution in [3.8, 4) is 0 Å². The molecule has 1 saturated heterocycles. The Labute approximate surface area is 379 Å². The first-order chi connectivity index (χ1) is 30.3. The molecule has 0 aromatic rings. The molecule has 0 aromatic carbocycles. The minimum absolute atomic E-state index is 0.216. The summed E-state index contributed by atoms with van der Waals surface area (Å²) in [5.74, 6) is -0.803. The molecule has 6 unspecified atom stereocenters. The molecule has 0 saturated carbocycles. The topological polar surface area (TPSA) is 152 Å². The van der Waals surface area contributed by atoms with Gasteiger partial charge in [-0.3, -0.25) is 9.59 Å². The summed E-state index contributed by atoms with van der Waals surface area (Å²) in [6.45, 7) is 3.44. The van der Waals surface area contributed by atoms with Gasteiger partial charge in [-0.05, 0) is 44.9 Å². The molecule has 0 aromatic heterocycles. The van der Waals surface area contributed by atoms with Gasteiger partial charge >= 0.3 is 11.9 Å². The van der Waals surface area contributed by atoms with Crippen LogP contribution in [0.1, 0.15) is 239 Å². The fraction of sp³-hybridized carbons (Fsp3) is 0.885. The van der Waals surface area contributed by atoms with E-state index in [1.54, 1.807) is 0 Å². The molecule has 10 heteroatoms. The van der Waals surface area contributed by atoms with Gasteiger partial charge in [-0.1, -0.05) is 205 Å². The van der Waals surface area contributed by atoms with E-state index in [1.807, 2.05) is 0 Å². The highest BCUT2D eigenvalue weighted by Gasteiger charge is 2.44. The first-order valence-corrected chi connectivity index (χ1v) is 25.9. The van der Waals surface area contributed by atoms with E-state index in [-0.39, 0.29) is 32.0 Å². The summed E-state index contributed by atoms with van der Waals surface area (Å²) in [5.41, 5.74) is 0. The molecule has 6 atom stereocenters. The van der Waals surface area contributed by atoms with Gasteiger partial charge in [-0.25, -0.2) is 0 Å². The van der Waals surface area contributed by atoms with Crippen molar-refractivity contribution in [3.05, 3.63) is 24.3 Å². The fourth-order valence-electron chi connectivity index (χ4n) is 7.99. The van der Waals surface area contributed by atoms with E-state index >= 15 is 0 Å². The first-order valence-electron chi connectivity index (χ1n) is 25.9. The average Bonchev–Trinajstić information content (AvgIpc) is 3.27. The van der Waals surface area contributed by atoms with Gasteiger partial charge in [-0.15, -0.1) is 0 Å². The number of esters is 2. The summed E-state index contributed by atoms with van der Waals surface area (Å²) in [4.78, 5) is 25.4. The molecule has 10 nitrogen and oxygen atoms in total. The molecule has 1 heterocycles. The number of aliphatic hydroxyl groups is 4. The van der Waals surface area contributed by atoms with Crippen molar-refractivity contribution in [2.24, 2.45) is 0 Å². The summed E-state index contributed by atoms with van der Waals surface area (Å²) in [6, 6.07) is 0. The van der Waals surface area contributed by atoms with Crippen LogP contribution in [0.5, 0.6) is 0 Å². The second kappa shape index (κ2) is 43.1. The Hall–Kier alpha value is -1.82. The van der Waals surface area contributed by atoms with E-state index < -0.39 is 49.4 Å². The smallest absolute Gasteiger partial charge is 0.306 e. The van der Waals surface area contributed by atoms with Crippen molar-refractivity contribution in [1.82, 2.24) is 0 Å². The second-order valence-electron chi connectivity index (χ2n) is 18.0. The van der Waals surface area contributed by atoms with E-state index in [9.17, 15) is 30.0 Å². The molecule has 0 bridgehead atoms. The van der Waals surface area contributed by atoms with Gasteiger partial charge in [0.25, 0.3) is 0 Å². The molecule has 1 fully saturated rings. The van der Waals surface area contributed by atoms with Crippen LogP contribution in [0, 0.1) is 0 Å². The molecular formula is C52H96O10. The molecular weight excluding hydrogens is 785 g/mol. The highest BCUT2D eigenvalue weighted by molar-refractivity contribution is 5.70. The monoisotopic (exact) mass is 881 g/mol. The molecule has 364 valence electrons. The van der Waals surface area contributed by atoms with Crippen LogP contribution < -0.4 is 0 Å². The highest BCUT2D eigenvalue weighted by atomic mass is 16.7. The van der Waals surface area contributed by atoms with Crippen molar-refractivity contribution in [2.45, 2.75) is 275 Å². The van der Waals surface area contributed by atoms with Crippen molar-refractivity contribution in [2.75, 3.05) is 19.8 Å². The molecule has 0 aliphatic carbocycles. The van der Waals surface area contributed by atoms with Gasteiger partial charge in [0.2, 0.25) is 0 Å². The number of unbranched alkanes of at least 4 members (excludes halogenated alkanes) is 29. The van der Waals surface area contributed by atoms with Gasteiger partial charge < -0.3 is 39.4 Å². The number of carbonyl (C=O) groups excluding carboxylic acids is 2. The summed E-state index contributed by atoms with van der Waals surface area (Å²) >= 11 is 0. The van der Waals surface area contributed by atoms with E-state index in [1.165, 1.54) is 154 Å². The van der Waals surface area contributed by atoms with Crippen LogP contribution in [0.2, 0.25) is 0 Å². The third-order valence-electron chi connectivity index (χ3n) is 12.1. The lowest BCUT2D eigenvalue weighted by atomic mass is 9.99. The lowest BCUT2D eigenvalue weighted by Gasteiger charge is -2.39. The van der Waals surface area contributed by atoms with E-state index in [0.29, 0.717) is 6.42 Å². The van der Waals surface area contributed by atoms with Gasteiger partial charge in [-0.2, -0.15) is 0 Å². The van der Waals surface area contributed by atoms with Gasteiger partial charge in [0.1, 0.15) is 31.0 Å². The summed E-state index contributed by atoms with van der Waals surface area (Å²) in [5, 5.41) is 40.2. The summed E-state index contributed by atoms with van der Waals surface area (Å²) < 4.78 is 22.3. The Bertz CT molecular complexity index is 1060. The van der Waals surface area contributed by atoms with Crippen LogP contribution in [-0.4, -0.2) is 89.0 Å². The van der Waals surface area contributed by atoms with Crippen molar-refractivity contribution in [1.29, 1.82) is 0 Å². The van der Waals surface area contributed by atoms with Crippen LogP contribution in [0.4, 0.5) is 0 Å². The Balaban J connectivity index is 2.25. The standard InChI is InChI=1S/C52H96O10/c1-3-5-7-9-11-13-15-17-19-21-23-25-26-28-30-32-34-36-38-40-47(54)59-43-45(44-60-52-51(58)50(57)49(56)46(42-53)62-52)61-48(55)41-39-37-35-33-31-29-27-24-22-20-18-16-14-12-10-8-6-4-2/h14,16,20,22,45-46,49-53,56-58H,3-13,15,17-19,21,23-44H2,1-2H3/b16-14-,22-20-. The lowest BCUT2D eigenvalue weighted by molar-refractivity contribution is -0.305. The Morgan fingerprint density at radius 3 is 1.35 bits per heavy atom. The number of carbonyl (C=O) groups is 2. The predicted octanol–water partition coefficient (Wildman–Crippen LogP) is 12.1. The quantitative estimate of drug-likeness (QED) is 0.0264. The van der Waals surface area contributed by atoms with E-state index in [2.05, 4.69) is 38.2 Å². The number of rotatable bonds is 44. The predicted molar refractivity (Wildman–Crippen MR) is 252 cm³/mol. The molecule has 1 aliphatic rings. The van der Waals surface area contributed by atoms with Gasteiger partial charge in [0.05, 0.1) is 13.2 Å². The highest BCUT2D eigenvalue weighted by Crippen LogP contribution is 2.23. The zero-order valence-electron chi connectivity index (χ0n) is 39.9. The lowest BCUT2D eigenvalue weighted by Crippen LogP contribution is -2.59. The molecule has 0 amide bonds. The molecule has 1 rings (SSSR count). The molecule has 0 spiro atoms. The van der Waals surface area contributed by atoms with Crippen molar-refractivity contribution < 1.29 is 49.0 Å². The first kappa shape index (κ1) is 58.2. The fourth-order valence-corrected chi connectivity index (χ4v) is 7.99. The maximum Gasteiger partial charge on any atom is 0.306 e. The molecule has 0 radical (unpaired) electrons. The molecule has 4 N–H and O–H groups in total. The van der Waals surface area contributed by atoms with Crippen LogP contribution in [0.3, 0.4) is 0 Å². The third-order valence-corrected chi connectivity index (χ3v) is 12.1. The largest absolute Gasteiger partial charge is 0.462 e. The number of hydrogen-bond donors (Lipinski definition) is 4. The molecule has 62 heavy (non-hydrogen) atoms. The number of aliphatic hydroxyl groups excluding tert-OH is 4. The second-order valence-corrected chi connectivity index (χ2v) is 18.0. The SMILES string of the molecule is CCCCCC/C=C\C/C=C\CCCCCCCCCC(=O)OC(COC(=O)CCCCCCCCCCCCCCCCCCCCC)COC1OC(CO)C(O)C(O)C1O.